The minimum atomic E-state index is -3.66. The summed E-state index contributed by atoms with van der Waals surface area (Å²) in [6.07, 6.45) is -0.476. The maximum Gasteiger partial charge on any atom is 0.226 e. The van der Waals surface area contributed by atoms with Gasteiger partial charge in [0.25, 0.3) is 0 Å². The second-order valence-corrected chi connectivity index (χ2v) is 15.0. The number of sulfonamides is 1. The zero-order valence-electron chi connectivity index (χ0n) is 26.8. The number of likely N-dealkylation sites (N-methyl/N-ethyl adjacent to an activating group) is 1. The Labute approximate surface area is 257 Å². The molecule has 0 aromatic rings. The van der Waals surface area contributed by atoms with Crippen LogP contribution >= 0.6 is 0 Å². The number of alkyl halides is 2. The molecule has 0 aromatic heterocycles. The normalized spacial score (nSPS) is 27.7. The van der Waals surface area contributed by atoms with Crippen LogP contribution in [0.15, 0.2) is 0 Å². The molecule has 248 valence electrons. The molecule has 2 fully saturated rings. The summed E-state index contributed by atoms with van der Waals surface area (Å²) in [5.74, 6) is 4.37. The summed E-state index contributed by atoms with van der Waals surface area (Å²) in [6, 6.07) is -0.871. The van der Waals surface area contributed by atoms with Crippen molar-refractivity contribution in [2.24, 2.45) is 23.7 Å². The number of hydrogen-bond acceptors (Lipinski definition) is 6. The molecule has 2 saturated carbocycles. The van der Waals surface area contributed by atoms with Crippen molar-refractivity contribution in [2.45, 2.75) is 122 Å². The largest absolute Gasteiger partial charge is 0.390 e. The maximum absolute atomic E-state index is 14.2. The molecule has 2 aliphatic rings. The number of nitrogens with zero attached hydrogens (tertiary/aromatic N) is 2. The molecule has 2 aliphatic carbocycles. The molecule has 0 aliphatic heterocycles. The van der Waals surface area contributed by atoms with Gasteiger partial charge in [0.05, 0.1) is 17.4 Å². The first-order chi connectivity index (χ1) is 20.2. The molecule has 0 spiro atoms. The van der Waals surface area contributed by atoms with Crippen LogP contribution in [0.25, 0.3) is 0 Å². The van der Waals surface area contributed by atoms with E-state index in [0.717, 1.165) is 12.8 Å². The van der Waals surface area contributed by atoms with E-state index in [1.807, 2.05) is 18.7 Å². The third-order valence-corrected chi connectivity index (χ3v) is 10.3. The van der Waals surface area contributed by atoms with Gasteiger partial charge in [0.1, 0.15) is 12.3 Å². The molecule has 7 atom stereocenters. The lowest BCUT2D eigenvalue weighted by molar-refractivity contribution is -0.139. The van der Waals surface area contributed by atoms with E-state index in [1.54, 1.807) is 6.92 Å². The van der Waals surface area contributed by atoms with E-state index in [0.29, 0.717) is 32.4 Å². The molecular formula is C31H54F2N4O5S. The van der Waals surface area contributed by atoms with E-state index in [-0.39, 0.29) is 55.9 Å². The highest BCUT2D eigenvalue weighted by Gasteiger charge is 2.39. The van der Waals surface area contributed by atoms with E-state index in [1.165, 1.54) is 25.9 Å². The highest BCUT2D eigenvalue weighted by Crippen LogP contribution is 2.36. The van der Waals surface area contributed by atoms with Crippen LogP contribution in [-0.2, 0) is 19.6 Å². The van der Waals surface area contributed by atoms with Crippen LogP contribution < -0.4 is 10.1 Å². The number of hydrogen-bond donors (Lipinski definition) is 3. The van der Waals surface area contributed by atoms with Crippen LogP contribution in [0, 0.1) is 35.5 Å². The minimum absolute atomic E-state index is 0.0323. The lowest BCUT2D eigenvalue weighted by Crippen LogP contribution is -2.54. The maximum atomic E-state index is 14.2. The Hall–Kier alpha value is -1.81. The predicted molar refractivity (Wildman–Crippen MR) is 164 cm³/mol. The molecular weight excluding hydrogens is 578 g/mol. The number of aliphatic hydroxyl groups excluding tert-OH is 1. The smallest absolute Gasteiger partial charge is 0.226 e. The van der Waals surface area contributed by atoms with Crippen molar-refractivity contribution >= 4 is 21.8 Å². The van der Waals surface area contributed by atoms with Gasteiger partial charge in [0.2, 0.25) is 21.8 Å². The molecule has 0 saturated heterocycles. The highest BCUT2D eigenvalue weighted by molar-refractivity contribution is 7.90. The number of hydrazine groups is 1. The summed E-state index contributed by atoms with van der Waals surface area (Å²) in [7, 11) is -2.19. The Bertz CT molecular complexity index is 1050. The number of rotatable bonds is 15. The third-order valence-electron chi connectivity index (χ3n) is 8.51. The molecule has 0 radical (unpaired) electrons. The van der Waals surface area contributed by atoms with Gasteiger partial charge in [-0.2, -0.15) is 0 Å². The average Bonchev–Trinajstić information content (AvgIpc) is 2.91. The minimum Gasteiger partial charge on any atom is -0.390 e. The fourth-order valence-corrected chi connectivity index (χ4v) is 7.13. The number of carbonyl (C=O) groups is 2. The number of carbonyl (C=O) groups excluding carboxylic acids is 2. The van der Waals surface area contributed by atoms with E-state index >= 15 is 0 Å². The lowest BCUT2D eigenvalue weighted by Gasteiger charge is -2.37. The van der Waals surface area contributed by atoms with Crippen LogP contribution in [0.4, 0.5) is 8.78 Å². The zero-order chi connectivity index (χ0) is 32.3. The molecule has 3 N–H and O–H groups in total. The summed E-state index contributed by atoms with van der Waals surface area (Å²) < 4.78 is 53.2. The molecule has 9 nitrogen and oxygen atoms in total. The monoisotopic (exact) mass is 632 g/mol. The van der Waals surface area contributed by atoms with Crippen molar-refractivity contribution in [3.05, 3.63) is 0 Å². The Morgan fingerprint density at radius 3 is 2.09 bits per heavy atom. The van der Waals surface area contributed by atoms with Gasteiger partial charge in [-0.3, -0.25) is 9.59 Å². The topological polar surface area (TPSA) is 119 Å². The summed E-state index contributed by atoms with van der Waals surface area (Å²) in [6.45, 7) is 9.99. The van der Waals surface area contributed by atoms with E-state index in [4.69, 9.17) is 0 Å². The van der Waals surface area contributed by atoms with Crippen molar-refractivity contribution in [3.8, 4) is 11.8 Å². The van der Waals surface area contributed by atoms with Crippen molar-refractivity contribution < 1.29 is 31.9 Å². The van der Waals surface area contributed by atoms with Gasteiger partial charge in [-0.15, -0.1) is 16.7 Å². The predicted octanol–water partition coefficient (Wildman–Crippen LogP) is 3.58. The highest BCUT2D eigenvalue weighted by atomic mass is 32.2. The van der Waals surface area contributed by atoms with Crippen LogP contribution in [-0.4, -0.2) is 91.7 Å². The standard InChI is InChI=1S/C31H54F2N4O5S/c1-7-10-22-13-24(18-25(14-22)31(40)37(11-8-2)12-9-3)30(39)34-28(17-23-15-26(32)19-27(33)16-23)29(38)20-36(6)35-43(41,42)21(4)5/h21-29,35,38H,8-9,11-20H2,1-6H3,(H,34,39). The third kappa shape index (κ3) is 11.9. The molecule has 0 aromatic carbocycles. The molecule has 2 amide bonds. The Morgan fingerprint density at radius 1 is 0.977 bits per heavy atom. The molecule has 7 unspecified atom stereocenters. The van der Waals surface area contributed by atoms with Gasteiger partial charge in [0, 0.05) is 50.9 Å². The first-order valence-corrected chi connectivity index (χ1v) is 17.4. The van der Waals surface area contributed by atoms with Crippen LogP contribution in [0.5, 0.6) is 0 Å². The Balaban J connectivity index is 2.25. The first-order valence-electron chi connectivity index (χ1n) is 15.9. The number of nitrogens with one attached hydrogen (secondary N) is 2. The SMILES string of the molecule is CC#CC1CC(C(=O)NC(CC2CC(F)CC(F)C2)C(O)CN(C)NS(=O)(=O)C(C)C)CC(C(=O)N(CCC)CCC)C1. The summed E-state index contributed by atoms with van der Waals surface area (Å²) >= 11 is 0. The number of amides is 2. The average molecular weight is 633 g/mol. The van der Waals surface area contributed by atoms with Crippen molar-refractivity contribution in [3.63, 3.8) is 0 Å². The Morgan fingerprint density at radius 2 is 1.56 bits per heavy atom. The van der Waals surface area contributed by atoms with Gasteiger partial charge >= 0.3 is 0 Å². The van der Waals surface area contributed by atoms with Gasteiger partial charge in [0.15, 0.2) is 0 Å². The van der Waals surface area contributed by atoms with Gasteiger partial charge in [-0.25, -0.2) is 22.2 Å². The van der Waals surface area contributed by atoms with E-state index in [9.17, 15) is 31.9 Å². The quantitative estimate of drug-likeness (QED) is 0.188. The number of aliphatic hydroxyl groups is 1. The van der Waals surface area contributed by atoms with Crippen LogP contribution in [0.3, 0.4) is 0 Å². The zero-order valence-corrected chi connectivity index (χ0v) is 27.6. The van der Waals surface area contributed by atoms with Gasteiger partial charge in [-0.1, -0.05) is 13.8 Å². The molecule has 0 heterocycles. The second-order valence-electron chi connectivity index (χ2n) is 12.8. The van der Waals surface area contributed by atoms with E-state index in [2.05, 4.69) is 22.0 Å². The van der Waals surface area contributed by atoms with Crippen molar-refractivity contribution in [2.75, 3.05) is 26.7 Å². The van der Waals surface area contributed by atoms with Gasteiger partial charge < -0.3 is 15.3 Å². The summed E-state index contributed by atoms with van der Waals surface area (Å²) in [5, 5.41) is 14.7. The van der Waals surface area contributed by atoms with Crippen LogP contribution in [0.2, 0.25) is 0 Å². The van der Waals surface area contributed by atoms with E-state index < -0.39 is 51.6 Å². The van der Waals surface area contributed by atoms with Crippen molar-refractivity contribution in [1.82, 2.24) is 20.1 Å². The summed E-state index contributed by atoms with van der Waals surface area (Å²) in [4.78, 5) is 31.5. The lowest BCUT2D eigenvalue weighted by atomic mass is 9.74. The summed E-state index contributed by atoms with van der Waals surface area (Å²) in [5.41, 5.74) is 0. The molecule has 43 heavy (non-hydrogen) atoms. The second kappa shape index (κ2) is 17.6. The fourth-order valence-electron chi connectivity index (χ4n) is 6.41. The molecule has 2 rings (SSSR count). The number of halogens is 2. The van der Waals surface area contributed by atoms with Gasteiger partial charge in [-0.05, 0) is 78.1 Å². The molecule has 12 heteroatoms. The fraction of sp³-hybridized carbons (Fsp3) is 0.871. The molecule has 0 bridgehead atoms. The van der Waals surface area contributed by atoms with Crippen LogP contribution in [0.1, 0.15) is 92.4 Å². The van der Waals surface area contributed by atoms with Crippen molar-refractivity contribution in [1.29, 1.82) is 0 Å². The Kier molecular flexibility index (Phi) is 15.3. The first kappa shape index (κ1) is 37.4.